The lowest BCUT2D eigenvalue weighted by Gasteiger charge is -2.30. The van der Waals surface area contributed by atoms with Gasteiger partial charge in [0.1, 0.15) is 12.4 Å². The third kappa shape index (κ3) is 2.77. The molecule has 0 unspecified atom stereocenters. The SMILES string of the molecule is Cc1ccc(NC(=O)N2CCOc3ccc(C)cc32)c(C)c1. The number of aryl methyl sites for hydroxylation is 3. The number of nitrogens with zero attached hydrogens (tertiary/aromatic N) is 1. The molecule has 0 saturated carbocycles. The van der Waals surface area contributed by atoms with Crippen LogP contribution in [-0.2, 0) is 0 Å². The fourth-order valence-corrected chi connectivity index (χ4v) is 2.68. The molecule has 4 nitrogen and oxygen atoms in total. The van der Waals surface area contributed by atoms with Crippen LogP contribution >= 0.6 is 0 Å². The first-order chi connectivity index (χ1) is 10.5. The minimum Gasteiger partial charge on any atom is -0.490 e. The van der Waals surface area contributed by atoms with Crippen LogP contribution in [0.25, 0.3) is 0 Å². The summed E-state index contributed by atoms with van der Waals surface area (Å²) in [5.74, 6) is 0.757. The summed E-state index contributed by atoms with van der Waals surface area (Å²) in [5, 5.41) is 3.00. The average molecular weight is 296 g/mol. The number of fused-ring (bicyclic) bond motifs is 1. The number of anilines is 2. The van der Waals surface area contributed by atoms with Crippen LogP contribution in [0.1, 0.15) is 16.7 Å². The van der Waals surface area contributed by atoms with Crippen molar-refractivity contribution < 1.29 is 9.53 Å². The van der Waals surface area contributed by atoms with Crippen LogP contribution in [0.2, 0.25) is 0 Å². The largest absolute Gasteiger partial charge is 0.490 e. The van der Waals surface area contributed by atoms with E-state index < -0.39 is 0 Å². The maximum atomic E-state index is 12.6. The van der Waals surface area contributed by atoms with Crippen molar-refractivity contribution in [3.63, 3.8) is 0 Å². The zero-order valence-corrected chi connectivity index (χ0v) is 13.1. The molecule has 0 aliphatic carbocycles. The zero-order valence-electron chi connectivity index (χ0n) is 13.1. The van der Waals surface area contributed by atoms with Gasteiger partial charge in [-0.3, -0.25) is 4.90 Å². The minimum atomic E-state index is -0.123. The Morgan fingerprint density at radius 1 is 1.09 bits per heavy atom. The third-order valence-electron chi connectivity index (χ3n) is 3.85. The highest BCUT2D eigenvalue weighted by atomic mass is 16.5. The molecule has 1 heterocycles. The number of carbonyl (C=O) groups is 1. The van der Waals surface area contributed by atoms with E-state index in [2.05, 4.69) is 11.4 Å². The topological polar surface area (TPSA) is 41.6 Å². The summed E-state index contributed by atoms with van der Waals surface area (Å²) < 4.78 is 5.63. The molecular weight excluding hydrogens is 276 g/mol. The Labute approximate surface area is 130 Å². The van der Waals surface area contributed by atoms with Crippen LogP contribution in [-0.4, -0.2) is 19.2 Å². The van der Waals surface area contributed by atoms with E-state index in [0.29, 0.717) is 13.2 Å². The Bertz CT molecular complexity index is 725. The van der Waals surface area contributed by atoms with Crippen LogP contribution < -0.4 is 15.0 Å². The summed E-state index contributed by atoms with van der Waals surface area (Å²) in [6.45, 7) is 7.11. The number of amides is 2. The van der Waals surface area contributed by atoms with Crippen molar-refractivity contribution in [3.05, 3.63) is 53.1 Å². The summed E-state index contributed by atoms with van der Waals surface area (Å²) in [5.41, 5.74) is 5.02. The number of ether oxygens (including phenoxy) is 1. The highest BCUT2D eigenvalue weighted by Gasteiger charge is 2.24. The van der Waals surface area contributed by atoms with Crippen molar-refractivity contribution in [2.24, 2.45) is 0 Å². The van der Waals surface area contributed by atoms with Gasteiger partial charge in [0.25, 0.3) is 0 Å². The maximum Gasteiger partial charge on any atom is 0.326 e. The van der Waals surface area contributed by atoms with E-state index in [0.717, 1.165) is 28.3 Å². The summed E-state index contributed by atoms with van der Waals surface area (Å²) >= 11 is 0. The van der Waals surface area contributed by atoms with Crippen LogP contribution in [0.15, 0.2) is 36.4 Å². The number of nitrogens with one attached hydrogen (secondary N) is 1. The Morgan fingerprint density at radius 3 is 2.59 bits per heavy atom. The Hall–Kier alpha value is -2.49. The number of benzene rings is 2. The first kappa shape index (κ1) is 14.4. The van der Waals surface area contributed by atoms with Gasteiger partial charge in [-0.1, -0.05) is 23.8 Å². The van der Waals surface area contributed by atoms with Gasteiger partial charge >= 0.3 is 6.03 Å². The molecule has 0 spiro atoms. The predicted molar refractivity (Wildman–Crippen MR) is 89.0 cm³/mol. The van der Waals surface area contributed by atoms with E-state index in [9.17, 15) is 4.79 Å². The fraction of sp³-hybridized carbons (Fsp3) is 0.278. The monoisotopic (exact) mass is 296 g/mol. The Kier molecular flexibility index (Phi) is 3.75. The van der Waals surface area contributed by atoms with Gasteiger partial charge in [0, 0.05) is 5.69 Å². The van der Waals surface area contributed by atoms with E-state index in [1.54, 1.807) is 4.90 Å². The molecule has 114 valence electrons. The van der Waals surface area contributed by atoms with Gasteiger partial charge in [0.05, 0.1) is 12.2 Å². The Balaban J connectivity index is 1.86. The highest BCUT2D eigenvalue weighted by Crippen LogP contribution is 2.32. The second-order valence-corrected chi connectivity index (χ2v) is 5.72. The molecule has 22 heavy (non-hydrogen) atoms. The first-order valence-electron chi connectivity index (χ1n) is 7.44. The summed E-state index contributed by atoms with van der Waals surface area (Å²) in [6.07, 6.45) is 0. The van der Waals surface area contributed by atoms with Gasteiger partial charge in [-0.15, -0.1) is 0 Å². The van der Waals surface area contributed by atoms with Crippen molar-refractivity contribution >= 4 is 17.4 Å². The smallest absolute Gasteiger partial charge is 0.326 e. The number of carbonyl (C=O) groups excluding carboxylic acids is 1. The molecule has 2 aromatic carbocycles. The van der Waals surface area contributed by atoms with Crippen molar-refractivity contribution in [2.45, 2.75) is 20.8 Å². The van der Waals surface area contributed by atoms with E-state index in [1.165, 1.54) is 5.56 Å². The molecule has 3 rings (SSSR count). The van der Waals surface area contributed by atoms with Gasteiger partial charge < -0.3 is 10.1 Å². The van der Waals surface area contributed by atoms with Crippen molar-refractivity contribution in [1.82, 2.24) is 0 Å². The van der Waals surface area contributed by atoms with Crippen LogP contribution in [0.4, 0.5) is 16.2 Å². The number of urea groups is 1. The third-order valence-corrected chi connectivity index (χ3v) is 3.85. The number of rotatable bonds is 1. The van der Waals surface area contributed by atoms with Gasteiger partial charge in [-0.2, -0.15) is 0 Å². The molecule has 4 heteroatoms. The molecule has 0 aromatic heterocycles. The summed E-state index contributed by atoms with van der Waals surface area (Å²) in [6, 6.07) is 11.8. The molecule has 0 atom stereocenters. The predicted octanol–water partition coefficient (Wildman–Crippen LogP) is 4.04. The van der Waals surface area contributed by atoms with Crippen molar-refractivity contribution in [3.8, 4) is 5.75 Å². The first-order valence-corrected chi connectivity index (χ1v) is 7.44. The number of hydrogen-bond donors (Lipinski definition) is 1. The standard InChI is InChI=1S/C18H20N2O2/c1-12-4-6-15(14(3)10-12)19-18(21)20-8-9-22-17-7-5-13(2)11-16(17)20/h4-7,10-11H,8-9H2,1-3H3,(H,19,21). The van der Waals surface area contributed by atoms with E-state index in [-0.39, 0.29) is 6.03 Å². The van der Waals surface area contributed by atoms with Crippen LogP contribution in [0, 0.1) is 20.8 Å². The van der Waals surface area contributed by atoms with E-state index in [1.807, 2.05) is 51.1 Å². The van der Waals surface area contributed by atoms with Crippen LogP contribution in [0.3, 0.4) is 0 Å². The average Bonchev–Trinajstić information content (AvgIpc) is 2.49. The van der Waals surface area contributed by atoms with Gasteiger partial charge in [-0.25, -0.2) is 4.79 Å². The number of hydrogen-bond acceptors (Lipinski definition) is 2. The van der Waals surface area contributed by atoms with Crippen LogP contribution in [0.5, 0.6) is 5.75 Å². The lowest BCUT2D eigenvalue weighted by atomic mass is 10.1. The summed E-state index contributed by atoms with van der Waals surface area (Å²) in [4.78, 5) is 14.4. The molecule has 1 aliphatic rings. The molecule has 2 amide bonds. The second-order valence-electron chi connectivity index (χ2n) is 5.72. The van der Waals surface area contributed by atoms with Gasteiger partial charge in [0.2, 0.25) is 0 Å². The minimum absolute atomic E-state index is 0.123. The van der Waals surface area contributed by atoms with Gasteiger partial charge in [-0.05, 0) is 50.1 Å². The van der Waals surface area contributed by atoms with E-state index >= 15 is 0 Å². The Morgan fingerprint density at radius 2 is 1.82 bits per heavy atom. The molecule has 1 N–H and O–H groups in total. The van der Waals surface area contributed by atoms with Crippen molar-refractivity contribution in [2.75, 3.05) is 23.4 Å². The molecule has 2 aromatic rings. The summed E-state index contributed by atoms with van der Waals surface area (Å²) in [7, 11) is 0. The van der Waals surface area contributed by atoms with Gasteiger partial charge in [0.15, 0.2) is 0 Å². The maximum absolute atomic E-state index is 12.6. The fourth-order valence-electron chi connectivity index (χ4n) is 2.68. The zero-order chi connectivity index (χ0) is 15.7. The highest BCUT2D eigenvalue weighted by molar-refractivity contribution is 6.03. The molecule has 0 radical (unpaired) electrons. The molecular formula is C18H20N2O2. The second kappa shape index (κ2) is 5.72. The molecule has 1 aliphatic heterocycles. The van der Waals surface area contributed by atoms with Crippen molar-refractivity contribution in [1.29, 1.82) is 0 Å². The normalized spacial score (nSPS) is 13.3. The lowest BCUT2D eigenvalue weighted by Crippen LogP contribution is -2.40. The molecule has 0 fully saturated rings. The quantitative estimate of drug-likeness (QED) is 0.862. The molecule has 0 saturated heterocycles. The van der Waals surface area contributed by atoms with E-state index in [4.69, 9.17) is 4.74 Å². The molecule has 0 bridgehead atoms. The lowest BCUT2D eigenvalue weighted by molar-refractivity contribution is 0.250.